The van der Waals surface area contributed by atoms with E-state index in [-0.39, 0.29) is 11.5 Å². The maximum absolute atomic E-state index is 11.8. The molecule has 2 rings (SSSR count). The summed E-state index contributed by atoms with van der Waals surface area (Å²) >= 11 is 0. The van der Waals surface area contributed by atoms with Crippen LogP contribution in [-0.4, -0.2) is 14.7 Å². The maximum atomic E-state index is 11.8. The first-order chi connectivity index (χ1) is 12.1. The molecule has 1 atom stereocenters. The van der Waals surface area contributed by atoms with Gasteiger partial charge in [0.1, 0.15) is 0 Å². The van der Waals surface area contributed by atoms with Crippen molar-refractivity contribution in [1.29, 1.82) is 0 Å². The molecule has 2 aromatic rings. The van der Waals surface area contributed by atoms with E-state index in [0.29, 0.717) is 6.42 Å². The summed E-state index contributed by atoms with van der Waals surface area (Å²) in [6.07, 6.45) is 6.88. The molecule has 0 aliphatic rings. The average Bonchev–Trinajstić information content (AvgIpc) is 2.57. The van der Waals surface area contributed by atoms with Crippen LogP contribution in [-0.2, 0) is 15.4 Å². The Bertz CT molecular complexity index is 817. The summed E-state index contributed by atoms with van der Waals surface area (Å²) in [7, 11) is -3.27. The molecule has 1 N–H and O–H groups in total. The normalized spacial score (nSPS) is 13.8. The second-order valence-corrected chi connectivity index (χ2v) is 9.49. The number of rotatable bonds is 7. The molecule has 0 fully saturated rings. The van der Waals surface area contributed by atoms with E-state index in [0.717, 1.165) is 17.5 Å². The molecular formula is C22H29NO2S. The highest BCUT2D eigenvalue weighted by molar-refractivity contribution is 7.88. The Balaban J connectivity index is 2.09. The molecule has 3 nitrogen and oxygen atoms in total. The Morgan fingerprint density at radius 1 is 1.00 bits per heavy atom. The third-order valence-electron chi connectivity index (χ3n) is 4.27. The monoisotopic (exact) mass is 371 g/mol. The van der Waals surface area contributed by atoms with Crippen molar-refractivity contribution in [3.05, 3.63) is 77.4 Å². The zero-order chi connectivity index (χ0) is 19.2. The highest BCUT2D eigenvalue weighted by Gasteiger charge is 2.18. The Hall–Kier alpha value is -1.91. The number of hydrogen-bond acceptors (Lipinski definition) is 2. The van der Waals surface area contributed by atoms with Crippen LogP contribution in [0.3, 0.4) is 0 Å². The van der Waals surface area contributed by atoms with Gasteiger partial charge in [-0.2, -0.15) is 0 Å². The Morgan fingerprint density at radius 2 is 1.62 bits per heavy atom. The molecule has 1 unspecified atom stereocenters. The first kappa shape index (κ1) is 20.4. The van der Waals surface area contributed by atoms with Crippen molar-refractivity contribution < 1.29 is 8.42 Å². The number of benzene rings is 2. The largest absolute Gasteiger partial charge is 0.213 e. The molecule has 0 aliphatic heterocycles. The molecule has 0 saturated heterocycles. The van der Waals surface area contributed by atoms with Crippen molar-refractivity contribution in [3.63, 3.8) is 0 Å². The summed E-state index contributed by atoms with van der Waals surface area (Å²) in [4.78, 5) is 0. The van der Waals surface area contributed by atoms with Crippen LogP contribution in [0.4, 0.5) is 0 Å². The Morgan fingerprint density at radius 3 is 2.15 bits per heavy atom. The molecule has 4 heteroatoms. The molecule has 0 spiro atoms. The average molecular weight is 372 g/mol. The van der Waals surface area contributed by atoms with Crippen LogP contribution in [0.5, 0.6) is 0 Å². The second kappa shape index (κ2) is 8.65. The first-order valence-corrected chi connectivity index (χ1v) is 10.8. The standard InChI is InChI=1S/C22H29NO2S/c1-22(2,3)20-16-14-19(15-17-20)21(23-26(4,24)25)13-9-8-12-18-10-6-5-7-11-18/h5-8,10-12,14-17,21,23H,9,13H2,1-4H3/b12-8+. The Labute approximate surface area is 158 Å². The first-order valence-electron chi connectivity index (χ1n) is 8.94. The fourth-order valence-corrected chi connectivity index (χ4v) is 3.58. The number of hydrogen-bond donors (Lipinski definition) is 1. The minimum absolute atomic E-state index is 0.0801. The van der Waals surface area contributed by atoms with Gasteiger partial charge in [0.15, 0.2) is 0 Å². The molecule has 26 heavy (non-hydrogen) atoms. The zero-order valence-corrected chi connectivity index (χ0v) is 16.9. The van der Waals surface area contributed by atoms with Crippen LogP contribution >= 0.6 is 0 Å². The van der Waals surface area contributed by atoms with Crippen LogP contribution < -0.4 is 4.72 Å². The lowest BCUT2D eigenvalue weighted by Crippen LogP contribution is -2.27. The fraction of sp³-hybridized carbons (Fsp3) is 0.364. The van der Waals surface area contributed by atoms with Crippen molar-refractivity contribution in [2.75, 3.05) is 6.26 Å². The molecule has 0 heterocycles. The fourth-order valence-electron chi connectivity index (χ4n) is 2.81. The van der Waals surface area contributed by atoms with Crippen LogP contribution in [0.25, 0.3) is 6.08 Å². The summed E-state index contributed by atoms with van der Waals surface area (Å²) in [6, 6.07) is 18.1. The lowest BCUT2D eigenvalue weighted by atomic mass is 9.86. The van der Waals surface area contributed by atoms with Gasteiger partial charge in [-0.3, -0.25) is 0 Å². The smallest absolute Gasteiger partial charge is 0.209 e. The van der Waals surface area contributed by atoms with Crippen LogP contribution in [0.2, 0.25) is 0 Å². The van der Waals surface area contributed by atoms with Crippen molar-refractivity contribution in [3.8, 4) is 0 Å². The quantitative estimate of drug-likeness (QED) is 0.739. The van der Waals surface area contributed by atoms with E-state index in [2.05, 4.69) is 49.8 Å². The predicted octanol–water partition coefficient (Wildman–Crippen LogP) is 5.07. The lowest BCUT2D eigenvalue weighted by Gasteiger charge is -2.22. The Kier molecular flexibility index (Phi) is 6.79. The minimum Gasteiger partial charge on any atom is -0.213 e. The van der Waals surface area contributed by atoms with Crippen LogP contribution in [0.15, 0.2) is 60.7 Å². The highest BCUT2D eigenvalue weighted by Crippen LogP contribution is 2.26. The van der Waals surface area contributed by atoms with Gasteiger partial charge in [-0.25, -0.2) is 13.1 Å². The van der Waals surface area contributed by atoms with Gasteiger partial charge >= 0.3 is 0 Å². The van der Waals surface area contributed by atoms with Crippen molar-refractivity contribution in [2.45, 2.75) is 45.1 Å². The summed E-state index contributed by atoms with van der Waals surface area (Å²) in [6.45, 7) is 6.51. The molecular weight excluding hydrogens is 342 g/mol. The van der Waals surface area contributed by atoms with E-state index in [1.807, 2.05) is 42.5 Å². The van der Waals surface area contributed by atoms with E-state index in [9.17, 15) is 8.42 Å². The topological polar surface area (TPSA) is 46.2 Å². The summed E-state index contributed by atoms with van der Waals surface area (Å²) < 4.78 is 26.3. The van der Waals surface area contributed by atoms with Gasteiger partial charge in [-0.15, -0.1) is 0 Å². The molecule has 0 aromatic heterocycles. The predicted molar refractivity (Wildman–Crippen MR) is 111 cm³/mol. The van der Waals surface area contributed by atoms with E-state index in [4.69, 9.17) is 0 Å². The van der Waals surface area contributed by atoms with Crippen molar-refractivity contribution >= 4 is 16.1 Å². The van der Waals surface area contributed by atoms with Gasteiger partial charge < -0.3 is 0 Å². The third kappa shape index (κ3) is 6.77. The molecule has 0 amide bonds. The molecule has 0 bridgehead atoms. The van der Waals surface area contributed by atoms with E-state index >= 15 is 0 Å². The number of sulfonamides is 1. The number of nitrogens with one attached hydrogen (secondary N) is 1. The molecule has 2 aromatic carbocycles. The van der Waals surface area contributed by atoms with Crippen LogP contribution in [0.1, 0.15) is 56.3 Å². The third-order valence-corrected chi connectivity index (χ3v) is 4.98. The van der Waals surface area contributed by atoms with Crippen molar-refractivity contribution in [2.24, 2.45) is 0 Å². The van der Waals surface area contributed by atoms with Crippen molar-refractivity contribution in [1.82, 2.24) is 4.72 Å². The SMILES string of the molecule is CC(C)(C)c1ccc(C(CC/C=C/c2ccccc2)NS(C)(=O)=O)cc1. The van der Waals surface area contributed by atoms with Gasteiger partial charge in [-0.1, -0.05) is 87.5 Å². The minimum atomic E-state index is -3.27. The van der Waals surface area contributed by atoms with Crippen LogP contribution in [0, 0.1) is 0 Å². The highest BCUT2D eigenvalue weighted by atomic mass is 32.2. The summed E-state index contributed by atoms with van der Waals surface area (Å²) in [5.41, 5.74) is 3.46. The molecule has 140 valence electrons. The van der Waals surface area contributed by atoms with Gasteiger partial charge in [0, 0.05) is 6.04 Å². The maximum Gasteiger partial charge on any atom is 0.209 e. The molecule has 0 saturated carbocycles. The lowest BCUT2D eigenvalue weighted by molar-refractivity contribution is 0.546. The molecule has 0 aliphatic carbocycles. The second-order valence-electron chi connectivity index (χ2n) is 7.71. The van der Waals surface area contributed by atoms with Gasteiger partial charge in [-0.05, 0) is 34.9 Å². The van der Waals surface area contributed by atoms with E-state index in [1.54, 1.807) is 0 Å². The summed E-state index contributed by atoms with van der Waals surface area (Å²) in [5.74, 6) is 0. The molecule has 0 radical (unpaired) electrons. The van der Waals surface area contributed by atoms with Gasteiger partial charge in [0.05, 0.1) is 6.26 Å². The summed E-state index contributed by atoms with van der Waals surface area (Å²) in [5, 5.41) is 0. The van der Waals surface area contributed by atoms with E-state index < -0.39 is 10.0 Å². The number of allylic oxidation sites excluding steroid dienone is 1. The van der Waals surface area contributed by atoms with E-state index in [1.165, 1.54) is 11.8 Å². The zero-order valence-electron chi connectivity index (χ0n) is 16.1. The van der Waals surface area contributed by atoms with Gasteiger partial charge in [0.2, 0.25) is 10.0 Å². The van der Waals surface area contributed by atoms with Gasteiger partial charge in [0.25, 0.3) is 0 Å².